The normalized spacial score (nSPS) is 17.8. The number of hydrogen-bond donors (Lipinski definition) is 1. The number of benzene rings is 2. The molecule has 0 amide bonds. The first kappa shape index (κ1) is 11.4. The van der Waals surface area contributed by atoms with Crippen molar-refractivity contribution in [2.75, 3.05) is 11.1 Å². The average Bonchev–Trinajstić information content (AvgIpc) is 2.76. The number of thioether (sulfide) groups is 1. The van der Waals surface area contributed by atoms with Crippen LogP contribution in [0.25, 0.3) is 0 Å². The Labute approximate surface area is 119 Å². The summed E-state index contributed by atoms with van der Waals surface area (Å²) in [5.74, 6) is 1.12. The largest absolute Gasteiger partial charge is 0.376 e. The van der Waals surface area contributed by atoms with Crippen molar-refractivity contribution in [3.05, 3.63) is 57.7 Å². The second-order valence-corrected chi connectivity index (χ2v) is 6.25. The minimum absolute atomic E-state index is 0.437. The van der Waals surface area contributed by atoms with E-state index in [2.05, 4.69) is 76.4 Å². The van der Waals surface area contributed by atoms with E-state index in [1.807, 2.05) is 11.8 Å². The van der Waals surface area contributed by atoms with Crippen LogP contribution in [0, 0.1) is 3.57 Å². The number of hydrogen-bond acceptors (Lipinski definition) is 2. The molecule has 0 saturated heterocycles. The van der Waals surface area contributed by atoms with Crippen LogP contribution in [0.4, 0.5) is 5.69 Å². The third-order valence-corrected chi connectivity index (χ3v) is 5.03. The highest BCUT2D eigenvalue weighted by molar-refractivity contribution is 14.1. The van der Waals surface area contributed by atoms with Gasteiger partial charge in [0.15, 0.2) is 0 Å². The average molecular weight is 353 g/mol. The maximum absolute atomic E-state index is 3.64. The Morgan fingerprint density at radius 3 is 2.71 bits per heavy atom. The first-order valence-corrected chi connectivity index (χ1v) is 7.64. The predicted molar refractivity (Wildman–Crippen MR) is 82.7 cm³/mol. The first-order valence-electron chi connectivity index (χ1n) is 5.57. The van der Waals surface area contributed by atoms with Gasteiger partial charge < -0.3 is 5.32 Å². The SMILES string of the molecule is Ic1ccccc1NC1CSc2ccccc21. The van der Waals surface area contributed by atoms with Gasteiger partial charge in [-0.3, -0.25) is 0 Å². The third kappa shape index (κ3) is 2.31. The Hall–Kier alpha value is -0.680. The van der Waals surface area contributed by atoms with Gasteiger partial charge in [-0.1, -0.05) is 30.3 Å². The predicted octanol–water partition coefficient (Wildman–Crippen LogP) is 4.55. The molecule has 1 N–H and O–H groups in total. The molecule has 0 aromatic heterocycles. The third-order valence-electron chi connectivity index (χ3n) is 2.90. The lowest BCUT2D eigenvalue weighted by Gasteiger charge is -2.15. The second kappa shape index (κ2) is 4.90. The van der Waals surface area contributed by atoms with E-state index in [1.54, 1.807) is 0 Å². The summed E-state index contributed by atoms with van der Waals surface area (Å²) >= 11 is 4.31. The van der Waals surface area contributed by atoms with E-state index in [0.29, 0.717) is 6.04 Å². The van der Waals surface area contributed by atoms with Gasteiger partial charge in [-0.2, -0.15) is 0 Å². The minimum Gasteiger partial charge on any atom is -0.376 e. The van der Waals surface area contributed by atoms with Gasteiger partial charge in [-0.05, 0) is 46.4 Å². The van der Waals surface area contributed by atoms with Gasteiger partial charge in [0.05, 0.1) is 6.04 Å². The molecule has 0 spiro atoms. The number of rotatable bonds is 2. The van der Waals surface area contributed by atoms with Crippen molar-refractivity contribution in [3.8, 4) is 0 Å². The molecule has 2 aromatic rings. The van der Waals surface area contributed by atoms with Gasteiger partial charge in [0, 0.05) is 19.9 Å². The van der Waals surface area contributed by atoms with E-state index in [-0.39, 0.29) is 0 Å². The van der Waals surface area contributed by atoms with Crippen LogP contribution in [-0.4, -0.2) is 5.75 Å². The van der Waals surface area contributed by atoms with E-state index in [1.165, 1.54) is 19.7 Å². The smallest absolute Gasteiger partial charge is 0.0619 e. The number of halogens is 1. The van der Waals surface area contributed by atoms with E-state index >= 15 is 0 Å². The molecular weight excluding hydrogens is 341 g/mol. The fourth-order valence-electron chi connectivity index (χ4n) is 2.05. The summed E-state index contributed by atoms with van der Waals surface area (Å²) < 4.78 is 1.28. The number of para-hydroxylation sites is 1. The van der Waals surface area contributed by atoms with Crippen LogP contribution in [0.1, 0.15) is 11.6 Å². The first-order chi connectivity index (χ1) is 8.34. The molecule has 86 valence electrons. The van der Waals surface area contributed by atoms with E-state index < -0.39 is 0 Å². The molecule has 1 aliphatic heterocycles. The van der Waals surface area contributed by atoms with Crippen molar-refractivity contribution >= 4 is 40.0 Å². The van der Waals surface area contributed by atoms with Crippen LogP contribution in [0.2, 0.25) is 0 Å². The Balaban J connectivity index is 1.87. The monoisotopic (exact) mass is 353 g/mol. The van der Waals surface area contributed by atoms with Gasteiger partial charge in [-0.25, -0.2) is 0 Å². The topological polar surface area (TPSA) is 12.0 Å². The fourth-order valence-corrected chi connectivity index (χ4v) is 3.75. The van der Waals surface area contributed by atoms with E-state index in [9.17, 15) is 0 Å². The standard InChI is InChI=1S/C14H12INS/c15-11-6-2-3-7-12(11)16-13-9-17-14-8-4-1-5-10(13)14/h1-8,13,16H,9H2. The summed E-state index contributed by atoms with van der Waals surface area (Å²) in [4.78, 5) is 1.41. The van der Waals surface area contributed by atoms with Crippen LogP contribution in [0.5, 0.6) is 0 Å². The molecule has 3 heteroatoms. The highest BCUT2D eigenvalue weighted by Gasteiger charge is 2.22. The van der Waals surface area contributed by atoms with Crippen molar-refractivity contribution in [1.82, 2.24) is 0 Å². The number of anilines is 1. The number of fused-ring (bicyclic) bond motifs is 1. The molecular formula is C14H12INS. The zero-order valence-corrected chi connectivity index (χ0v) is 12.2. The van der Waals surface area contributed by atoms with Crippen LogP contribution in [0.15, 0.2) is 53.4 Å². The zero-order chi connectivity index (χ0) is 11.7. The van der Waals surface area contributed by atoms with Gasteiger partial charge in [-0.15, -0.1) is 11.8 Å². The summed E-state index contributed by atoms with van der Waals surface area (Å²) in [7, 11) is 0. The fraction of sp³-hybridized carbons (Fsp3) is 0.143. The van der Waals surface area contributed by atoms with Crippen LogP contribution < -0.4 is 5.32 Å². The molecule has 1 nitrogen and oxygen atoms in total. The molecule has 1 heterocycles. The summed E-state index contributed by atoms with van der Waals surface area (Å²) in [5, 5.41) is 3.64. The summed E-state index contributed by atoms with van der Waals surface area (Å²) in [6, 6.07) is 17.5. The molecule has 0 saturated carbocycles. The van der Waals surface area contributed by atoms with Crippen LogP contribution in [-0.2, 0) is 0 Å². The summed E-state index contributed by atoms with van der Waals surface area (Å²) in [6.45, 7) is 0. The van der Waals surface area contributed by atoms with Crippen molar-refractivity contribution < 1.29 is 0 Å². The summed E-state index contributed by atoms with van der Waals surface area (Å²) in [5.41, 5.74) is 2.66. The minimum atomic E-state index is 0.437. The molecule has 0 aliphatic carbocycles. The molecule has 1 atom stereocenters. The molecule has 1 unspecified atom stereocenters. The maximum Gasteiger partial charge on any atom is 0.0619 e. The Morgan fingerprint density at radius 1 is 1.06 bits per heavy atom. The number of nitrogens with one attached hydrogen (secondary N) is 1. The van der Waals surface area contributed by atoms with Crippen molar-refractivity contribution in [2.24, 2.45) is 0 Å². The molecule has 3 rings (SSSR count). The molecule has 0 bridgehead atoms. The highest BCUT2D eigenvalue weighted by atomic mass is 127. The molecule has 17 heavy (non-hydrogen) atoms. The van der Waals surface area contributed by atoms with Crippen LogP contribution >= 0.6 is 34.4 Å². The zero-order valence-electron chi connectivity index (χ0n) is 9.19. The van der Waals surface area contributed by atoms with Gasteiger partial charge in [0.25, 0.3) is 0 Å². The van der Waals surface area contributed by atoms with Crippen molar-refractivity contribution in [3.63, 3.8) is 0 Å². The quantitative estimate of drug-likeness (QED) is 0.795. The van der Waals surface area contributed by atoms with E-state index in [4.69, 9.17) is 0 Å². The second-order valence-electron chi connectivity index (χ2n) is 4.03. The molecule has 0 fully saturated rings. The highest BCUT2D eigenvalue weighted by Crippen LogP contribution is 2.39. The van der Waals surface area contributed by atoms with Crippen molar-refractivity contribution in [2.45, 2.75) is 10.9 Å². The lowest BCUT2D eigenvalue weighted by Crippen LogP contribution is -2.10. The van der Waals surface area contributed by atoms with Crippen LogP contribution in [0.3, 0.4) is 0 Å². The van der Waals surface area contributed by atoms with Crippen molar-refractivity contribution in [1.29, 1.82) is 0 Å². The Bertz CT molecular complexity index is 541. The van der Waals surface area contributed by atoms with Gasteiger partial charge in [0.1, 0.15) is 0 Å². The lowest BCUT2D eigenvalue weighted by molar-refractivity contribution is 0.899. The Morgan fingerprint density at radius 2 is 1.82 bits per heavy atom. The molecule has 0 radical (unpaired) electrons. The summed E-state index contributed by atoms with van der Waals surface area (Å²) in [6.07, 6.45) is 0. The molecule has 1 aliphatic rings. The molecule has 2 aromatic carbocycles. The van der Waals surface area contributed by atoms with Gasteiger partial charge in [0.2, 0.25) is 0 Å². The lowest BCUT2D eigenvalue weighted by atomic mass is 10.1. The van der Waals surface area contributed by atoms with Gasteiger partial charge >= 0.3 is 0 Å². The van der Waals surface area contributed by atoms with E-state index in [0.717, 1.165) is 5.75 Å². The Kier molecular flexibility index (Phi) is 3.29. The maximum atomic E-state index is 3.64.